The number of nitrogens with two attached hydrogens (primary N) is 1. The number of methoxy groups -OCH3 is 1. The molecule has 1 aromatic rings. The van der Waals surface area contributed by atoms with Crippen molar-refractivity contribution in [2.45, 2.75) is 25.8 Å². The van der Waals surface area contributed by atoms with Crippen LogP contribution in [0.15, 0.2) is 18.2 Å². The van der Waals surface area contributed by atoms with Crippen LogP contribution in [0, 0.1) is 0 Å². The van der Waals surface area contributed by atoms with E-state index in [0.29, 0.717) is 0 Å². The minimum Gasteiger partial charge on any atom is -0.496 e. The fourth-order valence-corrected chi connectivity index (χ4v) is 2.18. The Kier molecular flexibility index (Phi) is 5.71. The molecule has 3 heteroatoms. The van der Waals surface area contributed by atoms with Crippen molar-refractivity contribution in [1.29, 1.82) is 0 Å². The summed E-state index contributed by atoms with van der Waals surface area (Å²) in [6.07, 6.45) is 4.13. The Morgan fingerprint density at radius 2 is 2.19 bits per heavy atom. The maximum atomic E-state index is 6.19. The van der Waals surface area contributed by atoms with Crippen LogP contribution in [-0.4, -0.2) is 19.1 Å². The summed E-state index contributed by atoms with van der Waals surface area (Å²) in [7, 11) is 1.70. The normalized spacial score (nSPS) is 12.5. The highest BCUT2D eigenvalue weighted by Crippen LogP contribution is 2.27. The Morgan fingerprint density at radius 1 is 1.44 bits per heavy atom. The third-order valence-corrected chi connectivity index (χ3v) is 3.38. The van der Waals surface area contributed by atoms with Gasteiger partial charge >= 0.3 is 0 Å². The van der Waals surface area contributed by atoms with E-state index in [1.54, 1.807) is 7.11 Å². The van der Waals surface area contributed by atoms with Gasteiger partial charge in [-0.2, -0.15) is 11.8 Å². The SMILES string of the molecule is CCc1ccc(OC)c(C(N)CCSC)c1. The van der Waals surface area contributed by atoms with Crippen LogP contribution < -0.4 is 10.5 Å². The highest BCUT2D eigenvalue weighted by atomic mass is 32.2. The smallest absolute Gasteiger partial charge is 0.123 e. The van der Waals surface area contributed by atoms with Gasteiger partial charge in [-0.15, -0.1) is 0 Å². The van der Waals surface area contributed by atoms with E-state index in [0.717, 1.165) is 29.9 Å². The van der Waals surface area contributed by atoms with Crippen molar-refractivity contribution in [2.75, 3.05) is 19.1 Å². The summed E-state index contributed by atoms with van der Waals surface area (Å²) in [6, 6.07) is 6.37. The first-order chi connectivity index (χ1) is 7.72. The van der Waals surface area contributed by atoms with Gasteiger partial charge in [-0.25, -0.2) is 0 Å². The first-order valence-corrected chi connectivity index (χ1v) is 7.03. The molecular formula is C13H21NOS. The van der Waals surface area contributed by atoms with Crippen LogP contribution in [0.25, 0.3) is 0 Å². The van der Waals surface area contributed by atoms with Crippen LogP contribution in [0.2, 0.25) is 0 Å². The summed E-state index contributed by atoms with van der Waals surface area (Å²) >= 11 is 1.83. The van der Waals surface area contributed by atoms with Gasteiger partial charge in [0.05, 0.1) is 7.11 Å². The zero-order valence-corrected chi connectivity index (χ0v) is 11.1. The molecule has 2 nitrogen and oxygen atoms in total. The van der Waals surface area contributed by atoms with E-state index in [4.69, 9.17) is 10.5 Å². The average Bonchev–Trinajstić information content (AvgIpc) is 2.35. The van der Waals surface area contributed by atoms with E-state index in [-0.39, 0.29) is 6.04 Å². The van der Waals surface area contributed by atoms with Gasteiger partial charge in [0, 0.05) is 11.6 Å². The molecule has 0 heterocycles. The lowest BCUT2D eigenvalue weighted by molar-refractivity contribution is 0.405. The van der Waals surface area contributed by atoms with Gasteiger partial charge in [0.2, 0.25) is 0 Å². The summed E-state index contributed by atoms with van der Waals surface area (Å²) in [5, 5.41) is 0. The second-order valence-corrected chi connectivity index (χ2v) is 4.80. The van der Waals surface area contributed by atoms with E-state index in [1.807, 2.05) is 17.8 Å². The van der Waals surface area contributed by atoms with E-state index in [9.17, 15) is 0 Å². The van der Waals surface area contributed by atoms with Crippen molar-refractivity contribution in [1.82, 2.24) is 0 Å². The van der Waals surface area contributed by atoms with Crippen molar-refractivity contribution < 1.29 is 4.74 Å². The van der Waals surface area contributed by atoms with E-state index < -0.39 is 0 Å². The van der Waals surface area contributed by atoms with E-state index >= 15 is 0 Å². The Balaban J connectivity index is 2.89. The predicted octanol–water partition coefficient (Wildman–Crippen LogP) is 3.01. The lowest BCUT2D eigenvalue weighted by Gasteiger charge is -2.16. The van der Waals surface area contributed by atoms with Gasteiger partial charge < -0.3 is 10.5 Å². The molecule has 0 aliphatic rings. The maximum Gasteiger partial charge on any atom is 0.123 e. The first-order valence-electron chi connectivity index (χ1n) is 5.64. The number of rotatable bonds is 6. The molecule has 2 N–H and O–H groups in total. The van der Waals surface area contributed by atoms with Crippen LogP contribution in [0.3, 0.4) is 0 Å². The van der Waals surface area contributed by atoms with Crippen LogP contribution in [0.1, 0.15) is 30.5 Å². The quantitative estimate of drug-likeness (QED) is 0.829. The molecule has 16 heavy (non-hydrogen) atoms. The molecule has 0 radical (unpaired) electrons. The second-order valence-electron chi connectivity index (χ2n) is 3.82. The van der Waals surface area contributed by atoms with Gasteiger partial charge in [0.25, 0.3) is 0 Å². The molecule has 0 bridgehead atoms. The summed E-state index contributed by atoms with van der Waals surface area (Å²) in [6.45, 7) is 2.15. The Bertz CT molecular complexity index is 328. The molecule has 0 saturated heterocycles. The number of benzene rings is 1. The summed E-state index contributed by atoms with van der Waals surface area (Å²) in [5.41, 5.74) is 8.64. The molecule has 1 aromatic carbocycles. The van der Waals surface area contributed by atoms with Gasteiger partial charge in [-0.1, -0.05) is 19.1 Å². The number of aryl methyl sites for hydroxylation is 1. The lowest BCUT2D eigenvalue weighted by atomic mass is 10.0. The van der Waals surface area contributed by atoms with Gasteiger partial charge in [-0.05, 0) is 36.5 Å². The molecule has 0 aliphatic heterocycles. The van der Waals surface area contributed by atoms with Gasteiger partial charge in [0.15, 0.2) is 0 Å². The molecule has 0 spiro atoms. The molecular weight excluding hydrogens is 218 g/mol. The van der Waals surface area contributed by atoms with Crippen LogP contribution in [0.4, 0.5) is 0 Å². The number of thioether (sulfide) groups is 1. The van der Waals surface area contributed by atoms with E-state index in [2.05, 4.69) is 25.3 Å². The molecule has 90 valence electrons. The molecule has 1 unspecified atom stereocenters. The Morgan fingerprint density at radius 3 is 2.75 bits per heavy atom. The number of ether oxygens (including phenoxy) is 1. The van der Waals surface area contributed by atoms with Gasteiger partial charge in [-0.3, -0.25) is 0 Å². The number of hydrogen-bond acceptors (Lipinski definition) is 3. The fraction of sp³-hybridized carbons (Fsp3) is 0.538. The molecule has 1 atom stereocenters. The van der Waals surface area contributed by atoms with Crippen molar-refractivity contribution >= 4 is 11.8 Å². The second kappa shape index (κ2) is 6.81. The highest BCUT2D eigenvalue weighted by Gasteiger charge is 2.12. The highest BCUT2D eigenvalue weighted by molar-refractivity contribution is 7.98. The van der Waals surface area contributed by atoms with Crippen LogP contribution >= 0.6 is 11.8 Å². The van der Waals surface area contributed by atoms with Crippen molar-refractivity contribution in [3.8, 4) is 5.75 Å². The molecule has 0 saturated carbocycles. The predicted molar refractivity (Wildman–Crippen MR) is 72.3 cm³/mol. The average molecular weight is 239 g/mol. The van der Waals surface area contributed by atoms with Gasteiger partial charge in [0.1, 0.15) is 5.75 Å². The largest absolute Gasteiger partial charge is 0.496 e. The minimum absolute atomic E-state index is 0.0777. The minimum atomic E-state index is 0.0777. The Hall–Kier alpha value is -0.670. The van der Waals surface area contributed by atoms with Crippen LogP contribution in [-0.2, 0) is 6.42 Å². The van der Waals surface area contributed by atoms with Crippen molar-refractivity contribution in [3.63, 3.8) is 0 Å². The zero-order chi connectivity index (χ0) is 12.0. The van der Waals surface area contributed by atoms with E-state index in [1.165, 1.54) is 5.56 Å². The maximum absolute atomic E-state index is 6.19. The first kappa shape index (κ1) is 13.4. The summed E-state index contributed by atoms with van der Waals surface area (Å²) in [5.74, 6) is 1.99. The molecule has 0 amide bonds. The third kappa shape index (κ3) is 3.42. The third-order valence-electron chi connectivity index (χ3n) is 2.73. The number of hydrogen-bond donors (Lipinski definition) is 1. The van der Waals surface area contributed by atoms with Crippen LogP contribution in [0.5, 0.6) is 5.75 Å². The molecule has 1 rings (SSSR count). The zero-order valence-electron chi connectivity index (χ0n) is 10.3. The molecule has 0 fully saturated rings. The molecule has 0 aromatic heterocycles. The van der Waals surface area contributed by atoms with Crippen molar-refractivity contribution in [3.05, 3.63) is 29.3 Å². The summed E-state index contributed by atoms with van der Waals surface area (Å²) in [4.78, 5) is 0. The monoisotopic (exact) mass is 239 g/mol. The standard InChI is InChI=1S/C13H21NOS/c1-4-10-5-6-13(15-2)11(9-10)12(14)7-8-16-3/h5-6,9,12H,4,7-8,14H2,1-3H3. The topological polar surface area (TPSA) is 35.2 Å². The fourth-order valence-electron chi connectivity index (χ4n) is 1.69. The summed E-state index contributed by atoms with van der Waals surface area (Å²) < 4.78 is 5.36. The van der Waals surface area contributed by atoms with Crippen molar-refractivity contribution in [2.24, 2.45) is 5.73 Å². The Labute approximate surface area is 103 Å². The molecule has 0 aliphatic carbocycles. The lowest BCUT2D eigenvalue weighted by Crippen LogP contribution is -2.13.